The first-order chi connectivity index (χ1) is 9.72. The third-order valence-electron chi connectivity index (χ3n) is 2.96. The molecule has 0 aliphatic rings. The van der Waals surface area contributed by atoms with E-state index in [2.05, 4.69) is 15.0 Å². The van der Waals surface area contributed by atoms with Crippen LogP contribution in [0.1, 0.15) is 11.7 Å². The summed E-state index contributed by atoms with van der Waals surface area (Å²) in [6, 6.07) is 11.0. The van der Waals surface area contributed by atoms with Gasteiger partial charge in [-0.25, -0.2) is 0 Å². The van der Waals surface area contributed by atoms with Gasteiger partial charge in [0, 0.05) is 17.3 Å². The quantitative estimate of drug-likeness (QED) is 0.495. The van der Waals surface area contributed by atoms with Crippen LogP contribution in [0.2, 0.25) is 0 Å². The highest BCUT2D eigenvalue weighted by Gasteiger charge is 2.17. The van der Waals surface area contributed by atoms with Crippen LogP contribution in [0.25, 0.3) is 21.6 Å². The number of aliphatic hydroxyl groups excluding tert-OH is 2. The fraction of sp³-hybridized carbons (Fsp3) is 0.214. The molecule has 2 rings (SSSR count). The van der Waals surface area contributed by atoms with Gasteiger partial charge in [0.2, 0.25) is 0 Å². The minimum absolute atomic E-state index is 0.163. The van der Waals surface area contributed by atoms with E-state index in [1.165, 1.54) is 0 Å². The SMILES string of the molecule is [N-]=[N+]=NCC(O)C(O)c1ccc(-c2ccncc2)cc1. The maximum Gasteiger partial charge on any atom is 0.105 e. The van der Waals surface area contributed by atoms with E-state index in [9.17, 15) is 10.2 Å². The first-order valence-corrected chi connectivity index (χ1v) is 6.09. The molecule has 1 aromatic heterocycles. The second-order valence-electron chi connectivity index (χ2n) is 4.28. The smallest absolute Gasteiger partial charge is 0.105 e. The van der Waals surface area contributed by atoms with Gasteiger partial charge in [-0.2, -0.15) is 0 Å². The van der Waals surface area contributed by atoms with Crippen molar-refractivity contribution in [1.82, 2.24) is 4.98 Å². The van der Waals surface area contributed by atoms with Gasteiger partial charge in [0.25, 0.3) is 0 Å². The molecule has 0 amide bonds. The molecule has 2 atom stereocenters. The van der Waals surface area contributed by atoms with Crippen LogP contribution in [0.3, 0.4) is 0 Å². The zero-order valence-electron chi connectivity index (χ0n) is 10.7. The van der Waals surface area contributed by atoms with Crippen molar-refractivity contribution in [1.29, 1.82) is 0 Å². The van der Waals surface area contributed by atoms with E-state index >= 15 is 0 Å². The topological polar surface area (TPSA) is 102 Å². The molecule has 0 fully saturated rings. The average Bonchev–Trinajstić information content (AvgIpc) is 2.53. The molecule has 2 aromatic rings. The van der Waals surface area contributed by atoms with Crippen LogP contribution in [0, 0.1) is 0 Å². The minimum atomic E-state index is -1.11. The molecule has 102 valence electrons. The number of nitrogens with zero attached hydrogens (tertiary/aromatic N) is 4. The summed E-state index contributed by atoms with van der Waals surface area (Å²) in [6.07, 6.45) is 1.23. The van der Waals surface area contributed by atoms with Crippen LogP contribution in [0.5, 0.6) is 0 Å². The Labute approximate surface area is 116 Å². The Morgan fingerprint density at radius 2 is 1.65 bits per heavy atom. The van der Waals surface area contributed by atoms with Crippen LogP contribution in [-0.4, -0.2) is 27.8 Å². The van der Waals surface area contributed by atoms with Crippen molar-refractivity contribution < 1.29 is 10.2 Å². The summed E-state index contributed by atoms with van der Waals surface area (Å²) < 4.78 is 0. The number of rotatable bonds is 5. The fourth-order valence-corrected chi connectivity index (χ4v) is 1.86. The van der Waals surface area contributed by atoms with Gasteiger partial charge in [-0.05, 0) is 34.4 Å². The Morgan fingerprint density at radius 3 is 2.25 bits per heavy atom. The van der Waals surface area contributed by atoms with Crippen molar-refractivity contribution >= 4 is 0 Å². The lowest BCUT2D eigenvalue weighted by Gasteiger charge is -2.16. The van der Waals surface area contributed by atoms with Gasteiger partial charge in [-0.3, -0.25) is 4.98 Å². The molecule has 20 heavy (non-hydrogen) atoms. The molecule has 1 aromatic carbocycles. The molecule has 0 saturated heterocycles. The summed E-state index contributed by atoms with van der Waals surface area (Å²) >= 11 is 0. The van der Waals surface area contributed by atoms with Gasteiger partial charge in [0.05, 0.1) is 12.6 Å². The van der Waals surface area contributed by atoms with Gasteiger partial charge >= 0.3 is 0 Å². The second kappa shape index (κ2) is 6.68. The van der Waals surface area contributed by atoms with Crippen molar-refractivity contribution in [3.8, 4) is 11.1 Å². The molecular weight excluding hydrogens is 256 g/mol. The first kappa shape index (κ1) is 14.0. The average molecular weight is 270 g/mol. The van der Waals surface area contributed by atoms with Crippen LogP contribution in [0.15, 0.2) is 53.9 Å². The number of pyridine rings is 1. The monoisotopic (exact) mass is 270 g/mol. The molecule has 0 bridgehead atoms. The summed E-state index contributed by atoms with van der Waals surface area (Å²) in [4.78, 5) is 6.51. The predicted octanol–water partition coefficient (Wildman–Crippen LogP) is 2.45. The predicted molar refractivity (Wildman–Crippen MR) is 74.7 cm³/mol. The maximum atomic E-state index is 9.93. The zero-order valence-corrected chi connectivity index (χ0v) is 10.7. The zero-order chi connectivity index (χ0) is 14.4. The van der Waals surface area contributed by atoms with Gasteiger partial charge in [0.15, 0.2) is 0 Å². The van der Waals surface area contributed by atoms with Gasteiger partial charge in [-0.1, -0.05) is 29.4 Å². The highest BCUT2D eigenvalue weighted by molar-refractivity contribution is 5.62. The van der Waals surface area contributed by atoms with E-state index in [4.69, 9.17) is 5.53 Å². The number of hydrogen-bond donors (Lipinski definition) is 2. The van der Waals surface area contributed by atoms with Crippen LogP contribution in [0.4, 0.5) is 0 Å². The summed E-state index contributed by atoms with van der Waals surface area (Å²) in [7, 11) is 0. The van der Waals surface area contributed by atoms with E-state index in [0.717, 1.165) is 11.1 Å². The molecule has 6 heteroatoms. The second-order valence-corrected chi connectivity index (χ2v) is 4.28. The van der Waals surface area contributed by atoms with E-state index in [0.29, 0.717) is 5.56 Å². The van der Waals surface area contributed by atoms with Crippen LogP contribution < -0.4 is 0 Å². The number of aromatic nitrogens is 1. The summed E-state index contributed by atoms with van der Waals surface area (Å²) in [5, 5.41) is 22.8. The number of azide groups is 1. The number of aliphatic hydroxyl groups is 2. The Kier molecular flexibility index (Phi) is 4.68. The van der Waals surface area contributed by atoms with E-state index in [1.807, 2.05) is 24.3 Å². The van der Waals surface area contributed by atoms with Gasteiger partial charge in [-0.15, -0.1) is 0 Å². The Bertz CT molecular complexity index is 594. The first-order valence-electron chi connectivity index (χ1n) is 6.09. The third-order valence-corrected chi connectivity index (χ3v) is 2.96. The van der Waals surface area contributed by atoms with Crippen molar-refractivity contribution in [3.05, 3.63) is 64.8 Å². The van der Waals surface area contributed by atoms with Crippen molar-refractivity contribution in [2.75, 3.05) is 6.54 Å². The Balaban J connectivity index is 2.14. The number of benzene rings is 1. The van der Waals surface area contributed by atoms with Gasteiger partial charge < -0.3 is 10.2 Å². The van der Waals surface area contributed by atoms with Crippen molar-refractivity contribution in [2.45, 2.75) is 12.2 Å². The summed E-state index contributed by atoms with van der Waals surface area (Å²) in [5.41, 5.74) is 10.8. The van der Waals surface area contributed by atoms with Crippen molar-refractivity contribution in [2.24, 2.45) is 5.11 Å². The molecule has 0 saturated carbocycles. The van der Waals surface area contributed by atoms with E-state index in [1.54, 1.807) is 24.5 Å². The molecule has 0 aliphatic heterocycles. The van der Waals surface area contributed by atoms with Gasteiger partial charge in [0.1, 0.15) is 6.10 Å². The molecule has 6 nitrogen and oxygen atoms in total. The van der Waals surface area contributed by atoms with E-state index < -0.39 is 12.2 Å². The Morgan fingerprint density at radius 1 is 1.05 bits per heavy atom. The lowest BCUT2D eigenvalue weighted by molar-refractivity contribution is 0.0244. The van der Waals surface area contributed by atoms with Crippen molar-refractivity contribution in [3.63, 3.8) is 0 Å². The lowest BCUT2D eigenvalue weighted by atomic mass is 10.0. The minimum Gasteiger partial charge on any atom is -0.390 e. The summed E-state index contributed by atoms with van der Waals surface area (Å²) in [6.45, 7) is -0.163. The maximum absolute atomic E-state index is 9.93. The fourth-order valence-electron chi connectivity index (χ4n) is 1.86. The molecule has 2 N–H and O–H groups in total. The summed E-state index contributed by atoms with van der Waals surface area (Å²) in [5.74, 6) is 0. The normalized spacial score (nSPS) is 13.3. The van der Waals surface area contributed by atoms with Crippen LogP contribution in [-0.2, 0) is 0 Å². The number of hydrogen-bond acceptors (Lipinski definition) is 4. The molecule has 0 radical (unpaired) electrons. The third kappa shape index (κ3) is 3.33. The standard InChI is InChI=1S/C14H14N4O2/c15-18-17-9-13(19)14(20)12-3-1-10(2-4-12)11-5-7-16-8-6-11/h1-8,13-14,19-20H,9H2. The lowest BCUT2D eigenvalue weighted by Crippen LogP contribution is -2.21. The molecule has 1 heterocycles. The van der Waals surface area contributed by atoms with Crippen LogP contribution >= 0.6 is 0 Å². The Hall–Kier alpha value is -2.40. The largest absolute Gasteiger partial charge is 0.390 e. The van der Waals surface area contributed by atoms with E-state index in [-0.39, 0.29) is 6.54 Å². The highest BCUT2D eigenvalue weighted by atomic mass is 16.3. The highest BCUT2D eigenvalue weighted by Crippen LogP contribution is 2.23. The molecule has 0 spiro atoms. The molecular formula is C14H14N4O2. The molecule has 0 aliphatic carbocycles. The molecule has 2 unspecified atom stereocenters.